The molecule has 0 aromatic carbocycles. The first-order valence-corrected chi connectivity index (χ1v) is 22.3. The first kappa shape index (κ1) is 44.4. The van der Waals surface area contributed by atoms with Gasteiger partial charge in [0.2, 0.25) is 0 Å². The van der Waals surface area contributed by atoms with E-state index >= 15 is 0 Å². The lowest BCUT2D eigenvalue weighted by Gasteiger charge is -2.31. The fraction of sp³-hybridized carbons (Fsp3) is 0.729. The van der Waals surface area contributed by atoms with E-state index in [0.717, 1.165) is 51.7 Å². The Kier molecular flexibility index (Phi) is 25.9. The van der Waals surface area contributed by atoms with Crippen LogP contribution in [0.5, 0.6) is 0 Å². The van der Waals surface area contributed by atoms with Crippen LogP contribution in [0, 0.1) is 0 Å². The van der Waals surface area contributed by atoms with Crippen LogP contribution in [0.15, 0.2) is 73.1 Å². The highest BCUT2D eigenvalue weighted by atomic mass is 16.8. The molecule has 0 amide bonds. The molecular formula is C48H80N2O2. The summed E-state index contributed by atoms with van der Waals surface area (Å²) in [6.45, 7) is 7.61. The molecule has 2 atom stereocenters. The molecule has 0 unspecified atom stereocenters. The van der Waals surface area contributed by atoms with Gasteiger partial charge in [-0.05, 0) is 101 Å². The highest BCUT2D eigenvalue weighted by molar-refractivity contribution is 5.10. The summed E-state index contributed by atoms with van der Waals surface area (Å²) in [6, 6.07) is 4.27. The Morgan fingerprint density at radius 3 is 1.40 bits per heavy atom. The third-order valence-corrected chi connectivity index (χ3v) is 11.0. The number of pyridine rings is 1. The molecule has 294 valence electrons. The fourth-order valence-corrected chi connectivity index (χ4v) is 7.77. The quantitative estimate of drug-likeness (QED) is 0.0536. The second kappa shape index (κ2) is 30.3. The number of hydrogen-bond donors (Lipinski definition) is 0. The molecule has 52 heavy (non-hydrogen) atoms. The lowest BCUT2D eigenvalue weighted by Crippen LogP contribution is -2.36. The molecule has 2 fully saturated rings. The molecule has 0 N–H and O–H groups in total. The zero-order valence-corrected chi connectivity index (χ0v) is 34.0. The largest absolute Gasteiger partial charge is 0.343 e. The Labute approximate surface area is 322 Å². The van der Waals surface area contributed by atoms with Crippen LogP contribution in [0.25, 0.3) is 0 Å². The number of fused-ring (bicyclic) bond motifs is 1. The van der Waals surface area contributed by atoms with E-state index in [1.165, 1.54) is 147 Å². The topological polar surface area (TPSA) is 34.6 Å². The maximum absolute atomic E-state index is 6.91. The van der Waals surface area contributed by atoms with Crippen LogP contribution in [0.3, 0.4) is 0 Å². The maximum atomic E-state index is 6.91. The van der Waals surface area contributed by atoms with E-state index in [2.05, 4.69) is 84.5 Å². The van der Waals surface area contributed by atoms with Gasteiger partial charge in [0.25, 0.3) is 0 Å². The Bertz CT molecular complexity index is 1020. The molecule has 2 aliphatic rings. The first-order valence-electron chi connectivity index (χ1n) is 22.3. The Balaban J connectivity index is 1.28. The number of ether oxygens (including phenoxy) is 2. The van der Waals surface area contributed by atoms with E-state index in [1.807, 2.05) is 12.4 Å². The van der Waals surface area contributed by atoms with E-state index in [0.29, 0.717) is 0 Å². The van der Waals surface area contributed by atoms with Crippen molar-refractivity contribution in [2.75, 3.05) is 19.6 Å². The predicted molar refractivity (Wildman–Crippen MR) is 225 cm³/mol. The van der Waals surface area contributed by atoms with Crippen LogP contribution in [0.2, 0.25) is 0 Å². The van der Waals surface area contributed by atoms with Gasteiger partial charge in [0.1, 0.15) is 12.2 Å². The maximum Gasteiger partial charge on any atom is 0.169 e. The fourth-order valence-electron chi connectivity index (χ4n) is 7.77. The van der Waals surface area contributed by atoms with E-state index in [1.54, 1.807) is 0 Å². The second-order valence-corrected chi connectivity index (χ2v) is 15.8. The summed E-state index contributed by atoms with van der Waals surface area (Å²) in [6.07, 6.45) is 57.2. The zero-order valence-electron chi connectivity index (χ0n) is 34.0. The van der Waals surface area contributed by atoms with E-state index in [4.69, 9.17) is 9.47 Å². The van der Waals surface area contributed by atoms with E-state index in [9.17, 15) is 0 Å². The second-order valence-electron chi connectivity index (χ2n) is 15.8. The third kappa shape index (κ3) is 21.0. The van der Waals surface area contributed by atoms with Crippen molar-refractivity contribution in [3.05, 3.63) is 78.7 Å². The first-order chi connectivity index (χ1) is 25.7. The molecule has 0 aliphatic carbocycles. The lowest BCUT2D eigenvalue weighted by molar-refractivity contribution is -0.193. The number of unbranched alkanes of at least 4 members (excludes halogenated alkanes) is 18. The summed E-state index contributed by atoms with van der Waals surface area (Å²) >= 11 is 0. The number of nitrogens with zero attached hydrogens (tertiary/aromatic N) is 2. The van der Waals surface area contributed by atoms with Gasteiger partial charge < -0.3 is 9.47 Å². The highest BCUT2D eigenvalue weighted by Crippen LogP contribution is 2.40. The van der Waals surface area contributed by atoms with Crippen molar-refractivity contribution < 1.29 is 9.47 Å². The van der Waals surface area contributed by atoms with Crippen molar-refractivity contribution in [3.8, 4) is 0 Å². The van der Waals surface area contributed by atoms with Gasteiger partial charge in [0.05, 0.1) is 0 Å². The van der Waals surface area contributed by atoms with Crippen LogP contribution in [0.1, 0.15) is 186 Å². The molecule has 1 aromatic rings. The van der Waals surface area contributed by atoms with E-state index in [-0.39, 0.29) is 18.0 Å². The summed E-state index contributed by atoms with van der Waals surface area (Å²) in [4.78, 5) is 6.71. The van der Waals surface area contributed by atoms with Crippen molar-refractivity contribution in [1.82, 2.24) is 9.88 Å². The van der Waals surface area contributed by atoms with Crippen molar-refractivity contribution in [3.63, 3.8) is 0 Å². The van der Waals surface area contributed by atoms with Crippen LogP contribution < -0.4 is 0 Å². The van der Waals surface area contributed by atoms with Crippen molar-refractivity contribution >= 4 is 0 Å². The van der Waals surface area contributed by atoms with Gasteiger partial charge in [-0.25, -0.2) is 0 Å². The summed E-state index contributed by atoms with van der Waals surface area (Å²) < 4.78 is 13.8. The van der Waals surface area contributed by atoms with Gasteiger partial charge in [-0.2, -0.15) is 0 Å². The minimum atomic E-state index is -0.350. The predicted octanol–water partition coefficient (Wildman–Crippen LogP) is 13.8. The molecule has 3 rings (SSSR count). The molecule has 4 nitrogen and oxygen atoms in total. The van der Waals surface area contributed by atoms with Gasteiger partial charge in [-0.3, -0.25) is 9.88 Å². The molecule has 4 heteroatoms. The molecular weight excluding hydrogens is 637 g/mol. The number of likely N-dealkylation sites (tertiary alicyclic amines) is 1. The van der Waals surface area contributed by atoms with Crippen LogP contribution in [0.4, 0.5) is 0 Å². The van der Waals surface area contributed by atoms with Gasteiger partial charge in [-0.15, -0.1) is 0 Å². The zero-order chi connectivity index (χ0) is 36.6. The van der Waals surface area contributed by atoms with Crippen LogP contribution >= 0.6 is 0 Å². The number of rotatable bonds is 33. The van der Waals surface area contributed by atoms with Crippen LogP contribution in [-0.2, 0) is 15.9 Å². The van der Waals surface area contributed by atoms with Gasteiger partial charge >= 0.3 is 0 Å². The minimum absolute atomic E-state index is 0.228. The molecule has 3 heterocycles. The van der Waals surface area contributed by atoms with E-state index < -0.39 is 0 Å². The molecule has 2 saturated heterocycles. The molecule has 1 aromatic heterocycles. The Hall–Kier alpha value is -2.01. The highest BCUT2D eigenvalue weighted by Gasteiger charge is 2.50. The Morgan fingerprint density at radius 2 is 0.962 bits per heavy atom. The van der Waals surface area contributed by atoms with Crippen molar-refractivity contribution in [2.45, 2.75) is 205 Å². The smallest absolute Gasteiger partial charge is 0.169 e. The lowest BCUT2D eigenvalue weighted by atomic mass is 9.98. The van der Waals surface area contributed by atoms with Crippen molar-refractivity contribution in [1.29, 1.82) is 0 Å². The molecule has 0 bridgehead atoms. The summed E-state index contributed by atoms with van der Waals surface area (Å²) in [5.41, 5.74) is 1.36. The molecule has 0 spiro atoms. The minimum Gasteiger partial charge on any atom is -0.343 e. The molecule has 0 radical (unpaired) electrons. The van der Waals surface area contributed by atoms with Crippen LogP contribution in [-0.4, -0.2) is 47.5 Å². The standard InChI is InChI=1S/C48H80N2O2/c1-3-5-7-9-11-13-15-17-19-21-23-25-27-29-31-33-38-48(39-34-32-30-28-26-24-22-20-18-16-14-12-10-8-6-4-2)51-46-43-50(44-47(46)52-48)42-37-45-35-40-49-41-36-45/h11-14,17-20,35-36,40-41,46-47H,3-10,15-16,21-34,37-39,42-44H2,1-2H3/b13-11-,14-12-,19-17-,20-18-/t46-,47-/m1/s1. The summed E-state index contributed by atoms with van der Waals surface area (Å²) in [5, 5.41) is 0. The third-order valence-electron chi connectivity index (χ3n) is 11.0. The number of hydrogen-bond acceptors (Lipinski definition) is 4. The van der Waals surface area contributed by atoms with Gasteiger partial charge in [0.15, 0.2) is 5.79 Å². The molecule has 2 aliphatic heterocycles. The summed E-state index contributed by atoms with van der Waals surface area (Å²) in [5.74, 6) is -0.350. The monoisotopic (exact) mass is 717 g/mol. The average Bonchev–Trinajstić information content (AvgIpc) is 3.70. The normalized spacial score (nSPS) is 19.0. The number of aromatic nitrogens is 1. The number of allylic oxidation sites excluding steroid dienone is 8. The molecule has 0 saturated carbocycles. The van der Waals surface area contributed by atoms with Gasteiger partial charge in [-0.1, -0.05) is 140 Å². The Morgan fingerprint density at radius 1 is 0.558 bits per heavy atom. The SMILES string of the molecule is CCCCC/C=C\C/C=C\CCCCCCCCC1(CCCCCCCC/C=C\C/C=C\CCCCC)O[C@@H]2CN(CCc3ccncc3)C[C@H]2O1. The van der Waals surface area contributed by atoms with Crippen molar-refractivity contribution in [2.24, 2.45) is 0 Å². The summed E-state index contributed by atoms with van der Waals surface area (Å²) in [7, 11) is 0. The average molecular weight is 717 g/mol. The van der Waals surface area contributed by atoms with Gasteiger partial charge in [0, 0.05) is 44.9 Å².